The molecule has 1 fully saturated rings. The molecule has 0 unspecified atom stereocenters. The van der Waals surface area contributed by atoms with E-state index >= 15 is 0 Å². The van der Waals surface area contributed by atoms with Gasteiger partial charge >= 0.3 is 0 Å². The Morgan fingerprint density at radius 3 is 2.38 bits per heavy atom. The van der Waals surface area contributed by atoms with E-state index in [-0.39, 0.29) is 10.8 Å². The van der Waals surface area contributed by atoms with E-state index in [9.17, 15) is 13.2 Å². The van der Waals surface area contributed by atoms with Gasteiger partial charge in [-0.05, 0) is 74.2 Å². The van der Waals surface area contributed by atoms with Crippen molar-refractivity contribution < 1.29 is 13.2 Å². The van der Waals surface area contributed by atoms with E-state index in [1.165, 1.54) is 0 Å². The topological polar surface area (TPSA) is 66.5 Å². The number of anilines is 2. The van der Waals surface area contributed by atoms with Crippen molar-refractivity contribution in [1.29, 1.82) is 0 Å². The van der Waals surface area contributed by atoms with Crippen LogP contribution in [0.25, 0.3) is 0 Å². The van der Waals surface area contributed by atoms with Crippen molar-refractivity contribution in [3.63, 3.8) is 0 Å². The maximum atomic E-state index is 12.8. The highest BCUT2D eigenvalue weighted by molar-refractivity contribution is 7.92. The first-order valence-corrected chi connectivity index (χ1v) is 10.3. The quantitative estimate of drug-likeness (QED) is 0.848. The van der Waals surface area contributed by atoms with Crippen LogP contribution in [0, 0.1) is 20.8 Å². The second-order valence-electron chi connectivity index (χ2n) is 6.62. The molecule has 0 saturated carbocycles. The summed E-state index contributed by atoms with van der Waals surface area (Å²) in [6.45, 7) is 6.06. The van der Waals surface area contributed by atoms with Gasteiger partial charge in [0.1, 0.15) is 0 Å². The number of amides is 1. The predicted octanol–water partition coefficient (Wildman–Crippen LogP) is 4.19. The normalized spacial score (nSPS) is 14.8. The van der Waals surface area contributed by atoms with Gasteiger partial charge in [0.2, 0.25) is 5.91 Å². The third-order valence-corrected chi connectivity index (χ3v) is 6.49. The van der Waals surface area contributed by atoms with Gasteiger partial charge in [0.25, 0.3) is 10.0 Å². The van der Waals surface area contributed by atoms with Crippen LogP contribution >= 0.6 is 11.6 Å². The third-order valence-electron chi connectivity index (χ3n) is 4.56. The molecular weight excluding hydrogens is 372 g/mol. The fourth-order valence-corrected chi connectivity index (χ4v) is 4.76. The number of carbonyl (C=O) groups excluding carboxylic acids is 1. The van der Waals surface area contributed by atoms with Gasteiger partial charge in [-0.15, -0.1) is 0 Å². The molecule has 0 spiro atoms. The van der Waals surface area contributed by atoms with Crippen molar-refractivity contribution >= 4 is 38.9 Å². The molecule has 2 aromatic carbocycles. The van der Waals surface area contributed by atoms with Crippen LogP contribution in [0.5, 0.6) is 0 Å². The number of hydrogen-bond donors (Lipinski definition) is 1. The minimum atomic E-state index is -3.73. The Bertz CT molecular complexity index is 987. The highest BCUT2D eigenvalue weighted by Crippen LogP contribution is 2.29. The monoisotopic (exact) mass is 392 g/mol. The summed E-state index contributed by atoms with van der Waals surface area (Å²) in [5, 5.41) is 0.539. The molecule has 0 atom stereocenters. The lowest BCUT2D eigenvalue weighted by Crippen LogP contribution is -2.24. The standard InChI is InChI=1S/C19H21ClN2O3S/c1-12-11-18(14(3)10-16(12)20)26(24,25)21-15-6-7-17(13(2)9-15)22-8-4-5-19(22)23/h6-7,9-11,21H,4-5,8H2,1-3H3. The number of sulfonamides is 1. The van der Waals surface area contributed by atoms with Crippen LogP contribution < -0.4 is 9.62 Å². The Morgan fingerprint density at radius 2 is 1.77 bits per heavy atom. The van der Waals surface area contributed by atoms with Crippen molar-refractivity contribution in [3.05, 3.63) is 52.0 Å². The lowest BCUT2D eigenvalue weighted by molar-refractivity contribution is -0.117. The van der Waals surface area contributed by atoms with E-state index in [0.29, 0.717) is 34.8 Å². The second kappa shape index (κ2) is 6.93. The average Bonchev–Trinajstić information content (AvgIpc) is 2.96. The lowest BCUT2D eigenvalue weighted by Gasteiger charge is -2.19. The Hall–Kier alpha value is -2.05. The number of rotatable bonds is 4. The minimum absolute atomic E-state index is 0.105. The highest BCUT2D eigenvalue weighted by Gasteiger charge is 2.24. The largest absolute Gasteiger partial charge is 0.312 e. The Balaban J connectivity index is 1.90. The predicted molar refractivity (Wildman–Crippen MR) is 105 cm³/mol. The number of benzene rings is 2. The van der Waals surface area contributed by atoms with E-state index < -0.39 is 10.0 Å². The van der Waals surface area contributed by atoms with E-state index in [2.05, 4.69) is 4.72 Å². The summed E-state index contributed by atoms with van der Waals surface area (Å²) >= 11 is 6.06. The summed E-state index contributed by atoms with van der Waals surface area (Å²) in [5.74, 6) is 0.105. The average molecular weight is 393 g/mol. The zero-order chi connectivity index (χ0) is 19.1. The molecule has 138 valence electrons. The van der Waals surface area contributed by atoms with Gasteiger partial charge in [0, 0.05) is 29.4 Å². The van der Waals surface area contributed by atoms with Gasteiger partial charge in [-0.25, -0.2) is 8.42 Å². The maximum absolute atomic E-state index is 12.8. The summed E-state index contributed by atoms with van der Waals surface area (Å²) in [5.41, 5.74) is 3.43. The number of halogens is 1. The van der Waals surface area contributed by atoms with Crippen LogP contribution in [0.2, 0.25) is 5.02 Å². The number of hydrogen-bond acceptors (Lipinski definition) is 3. The first kappa shape index (κ1) is 18.7. The van der Waals surface area contributed by atoms with Crippen LogP contribution in [0.15, 0.2) is 35.2 Å². The Kier molecular flexibility index (Phi) is 4.99. The molecule has 0 radical (unpaired) electrons. The second-order valence-corrected chi connectivity index (χ2v) is 8.68. The fraction of sp³-hybridized carbons (Fsp3) is 0.316. The van der Waals surface area contributed by atoms with Gasteiger partial charge in [-0.1, -0.05) is 11.6 Å². The van der Waals surface area contributed by atoms with E-state index in [0.717, 1.165) is 17.7 Å². The molecule has 0 aliphatic carbocycles. The lowest BCUT2D eigenvalue weighted by atomic mass is 10.1. The summed E-state index contributed by atoms with van der Waals surface area (Å²) < 4.78 is 28.2. The fourth-order valence-electron chi connectivity index (χ4n) is 3.18. The zero-order valence-corrected chi connectivity index (χ0v) is 16.5. The SMILES string of the molecule is Cc1cc(S(=O)(=O)Nc2ccc(N3CCCC3=O)c(C)c2)c(C)cc1Cl. The van der Waals surface area contributed by atoms with Crippen LogP contribution in [-0.2, 0) is 14.8 Å². The summed E-state index contributed by atoms with van der Waals surface area (Å²) in [6.07, 6.45) is 1.41. The number of nitrogens with one attached hydrogen (secondary N) is 1. The van der Waals surface area contributed by atoms with Crippen molar-refractivity contribution in [2.24, 2.45) is 0 Å². The van der Waals surface area contributed by atoms with Gasteiger partial charge < -0.3 is 4.90 Å². The van der Waals surface area contributed by atoms with Crippen molar-refractivity contribution in [3.8, 4) is 0 Å². The highest BCUT2D eigenvalue weighted by atomic mass is 35.5. The summed E-state index contributed by atoms with van der Waals surface area (Å²) in [6, 6.07) is 8.44. The van der Waals surface area contributed by atoms with Gasteiger partial charge in [-0.2, -0.15) is 0 Å². The minimum Gasteiger partial charge on any atom is -0.312 e. The van der Waals surface area contributed by atoms with Gasteiger partial charge in [-0.3, -0.25) is 9.52 Å². The molecule has 5 nitrogen and oxygen atoms in total. The van der Waals surface area contributed by atoms with Crippen LogP contribution in [0.3, 0.4) is 0 Å². The molecule has 1 N–H and O–H groups in total. The van der Waals surface area contributed by atoms with Crippen molar-refractivity contribution in [2.75, 3.05) is 16.2 Å². The van der Waals surface area contributed by atoms with E-state index in [4.69, 9.17) is 11.6 Å². The Labute approximate surface area is 159 Å². The molecule has 1 aliphatic heterocycles. The molecule has 1 heterocycles. The molecule has 2 aromatic rings. The molecule has 1 aliphatic rings. The van der Waals surface area contributed by atoms with Gasteiger partial charge in [0.05, 0.1) is 4.90 Å². The Morgan fingerprint density at radius 1 is 1.04 bits per heavy atom. The third kappa shape index (κ3) is 3.57. The first-order valence-electron chi connectivity index (χ1n) is 8.39. The van der Waals surface area contributed by atoms with E-state index in [1.807, 2.05) is 6.92 Å². The molecule has 7 heteroatoms. The molecule has 0 aromatic heterocycles. The van der Waals surface area contributed by atoms with Crippen LogP contribution in [-0.4, -0.2) is 20.9 Å². The summed E-state index contributed by atoms with van der Waals surface area (Å²) in [4.78, 5) is 13.9. The van der Waals surface area contributed by atoms with E-state index in [1.54, 1.807) is 49.1 Å². The molecule has 0 bridgehead atoms. The molecule has 26 heavy (non-hydrogen) atoms. The first-order chi connectivity index (χ1) is 12.2. The maximum Gasteiger partial charge on any atom is 0.262 e. The zero-order valence-electron chi connectivity index (χ0n) is 15.0. The summed E-state index contributed by atoms with van der Waals surface area (Å²) in [7, 11) is -3.73. The van der Waals surface area contributed by atoms with Crippen molar-refractivity contribution in [1.82, 2.24) is 0 Å². The molecular formula is C19H21ClN2O3S. The van der Waals surface area contributed by atoms with Crippen LogP contribution in [0.4, 0.5) is 11.4 Å². The number of aryl methyl sites for hydroxylation is 3. The number of carbonyl (C=O) groups is 1. The number of nitrogens with zero attached hydrogens (tertiary/aromatic N) is 1. The molecule has 1 saturated heterocycles. The van der Waals surface area contributed by atoms with Gasteiger partial charge in [0.15, 0.2) is 0 Å². The van der Waals surface area contributed by atoms with Crippen LogP contribution in [0.1, 0.15) is 29.5 Å². The smallest absolute Gasteiger partial charge is 0.262 e. The van der Waals surface area contributed by atoms with Crippen molar-refractivity contribution in [2.45, 2.75) is 38.5 Å². The molecule has 1 amide bonds. The molecule has 3 rings (SSSR count).